The third-order valence-corrected chi connectivity index (χ3v) is 5.23. The van der Waals surface area contributed by atoms with Crippen molar-refractivity contribution in [1.29, 1.82) is 0 Å². The maximum absolute atomic E-state index is 12.5. The number of rotatable bonds is 3. The van der Waals surface area contributed by atoms with Crippen molar-refractivity contribution in [3.05, 3.63) is 87.5 Å². The van der Waals surface area contributed by atoms with Gasteiger partial charge < -0.3 is 14.8 Å². The number of anilines is 1. The van der Waals surface area contributed by atoms with Gasteiger partial charge in [0.2, 0.25) is 0 Å². The molecule has 0 amide bonds. The van der Waals surface area contributed by atoms with E-state index in [-0.39, 0.29) is 17.4 Å². The molecule has 5 heteroatoms. The standard InChI is InChI=1S/C24H24N2O3/c1-14(2)16-8-10-17(11-9-16)20-13-21(23-22(27)12-15(3)29-24(23)28)26-19-7-5-4-6-18(19)25-20/h4-12,14,20,25,27H,13H2,1-3H3/t20-/m0/s1. The number of nitrogens with zero attached hydrogens (tertiary/aromatic N) is 1. The molecular weight excluding hydrogens is 364 g/mol. The third-order valence-electron chi connectivity index (χ3n) is 5.23. The van der Waals surface area contributed by atoms with E-state index < -0.39 is 5.63 Å². The second-order valence-corrected chi connectivity index (χ2v) is 7.70. The van der Waals surface area contributed by atoms with Crippen LogP contribution in [0, 0.1) is 6.92 Å². The summed E-state index contributed by atoms with van der Waals surface area (Å²) < 4.78 is 5.24. The zero-order valence-corrected chi connectivity index (χ0v) is 16.8. The van der Waals surface area contributed by atoms with Gasteiger partial charge in [0.05, 0.1) is 23.1 Å². The minimum atomic E-state index is -0.575. The first-order valence-electron chi connectivity index (χ1n) is 9.79. The predicted molar refractivity (Wildman–Crippen MR) is 116 cm³/mol. The van der Waals surface area contributed by atoms with Gasteiger partial charge >= 0.3 is 5.63 Å². The van der Waals surface area contributed by atoms with Gasteiger partial charge in [-0.25, -0.2) is 4.79 Å². The number of nitrogens with one attached hydrogen (secondary N) is 1. The van der Waals surface area contributed by atoms with Crippen molar-refractivity contribution in [3.63, 3.8) is 0 Å². The molecule has 0 saturated heterocycles. The minimum absolute atomic E-state index is 0.0984. The summed E-state index contributed by atoms with van der Waals surface area (Å²) in [6.45, 7) is 5.97. The van der Waals surface area contributed by atoms with Crippen molar-refractivity contribution in [2.24, 2.45) is 4.99 Å². The fraction of sp³-hybridized carbons (Fsp3) is 0.250. The molecule has 3 aromatic rings. The van der Waals surface area contributed by atoms with Crippen LogP contribution >= 0.6 is 0 Å². The van der Waals surface area contributed by atoms with Crippen LogP contribution in [0.4, 0.5) is 11.4 Å². The molecular formula is C24H24N2O3. The lowest BCUT2D eigenvalue weighted by atomic mass is 9.95. The Morgan fingerprint density at radius 2 is 1.86 bits per heavy atom. The van der Waals surface area contributed by atoms with E-state index >= 15 is 0 Å². The number of hydrogen-bond donors (Lipinski definition) is 2. The zero-order chi connectivity index (χ0) is 20.5. The van der Waals surface area contributed by atoms with Crippen LogP contribution in [0.1, 0.15) is 54.7 Å². The Morgan fingerprint density at radius 1 is 1.14 bits per heavy atom. The molecule has 1 aliphatic rings. The summed E-state index contributed by atoms with van der Waals surface area (Å²) in [5.41, 5.74) is 4.03. The minimum Gasteiger partial charge on any atom is -0.507 e. The fourth-order valence-electron chi connectivity index (χ4n) is 3.65. The van der Waals surface area contributed by atoms with Gasteiger partial charge in [0.1, 0.15) is 17.1 Å². The molecule has 4 rings (SSSR count). The molecule has 1 atom stereocenters. The molecule has 0 aliphatic carbocycles. The van der Waals surface area contributed by atoms with E-state index in [0.29, 0.717) is 23.8 Å². The van der Waals surface area contributed by atoms with Gasteiger partial charge in [0, 0.05) is 12.5 Å². The summed E-state index contributed by atoms with van der Waals surface area (Å²) in [6, 6.07) is 17.5. The van der Waals surface area contributed by atoms with Crippen LogP contribution in [0.5, 0.6) is 5.75 Å². The predicted octanol–water partition coefficient (Wildman–Crippen LogP) is 5.45. The van der Waals surface area contributed by atoms with Crippen LogP contribution in [0.2, 0.25) is 0 Å². The first-order chi connectivity index (χ1) is 13.9. The van der Waals surface area contributed by atoms with E-state index in [1.165, 1.54) is 11.6 Å². The van der Waals surface area contributed by atoms with Gasteiger partial charge in [-0.15, -0.1) is 0 Å². The van der Waals surface area contributed by atoms with Gasteiger partial charge in [-0.05, 0) is 36.1 Å². The highest BCUT2D eigenvalue weighted by atomic mass is 16.4. The topological polar surface area (TPSA) is 74.8 Å². The van der Waals surface area contributed by atoms with Gasteiger partial charge in [-0.3, -0.25) is 4.99 Å². The summed E-state index contributed by atoms with van der Waals surface area (Å²) in [5.74, 6) is 0.716. The number of aliphatic imine (C=N–C) groups is 1. The molecule has 0 fully saturated rings. The molecule has 148 valence electrons. The maximum atomic E-state index is 12.5. The summed E-state index contributed by atoms with van der Waals surface area (Å²) in [6.07, 6.45) is 0.442. The third kappa shape index (κ3) is 3.81. The number of aryl methyl sites for hydroxylation is 1. The summed E-state index contributed by atoms with van der Waals surface area (Å²) in [7, 11) is 0. The smallest absolute Gasteiger partial charge is 0.348 e. The van der Waals surface area contributed by atoms with Gasteiger partial charge in [-0.2, -0.15) is 0 Å². The molecule has 1 aliphatic heterocycles. The molecule has 1 aromatic heterocycles. The molecule has 0 spiro atoms. The second kappa shape index (κ2) is 7.59. The summed E-state index contributed by atoms with van der Waals surface area (Å²) >= 11 is 0. The van der Waals surface area contributed by atoms with E-state index in [1.807, 2.05) is 24.3 Å². The molecule has 2 aromatic carbocycles. The zero-order valence-electron chi connectivity index (χ0n) is 16.8. The number of fused-ring (bicyclic) bond motifs is 1. The van der Waals surface area contributed by atoms with Crippen LogP contribution in [-0.4, -0.2) is 10.8 Å². The van der Waals surface area contributed by atoms with Crippen LogP contribution in [0.25, 0.3) is 0 Å². The Hall–Kier alpha value is -3.34. The molecule has 5 nitrogen and oxygen atoms in total. The summed E-state index contributed by atoms with van der Waals surface area (Å²) in [5, 5.41) is 14.0. The highest BCUT2D eigenvalue weighted by Crippen LogP contribution is 2.36. The van der Waals surface area contributed by atoms with Crippen LogP contribution < -0.4 is 10.9 Å². The van der Waals surface area contributed by atoms with Crippen molar-refractivity contribution in [2.75, 3.05) is 5.32 Å². The lowest BCUT2D eigenvalue weighted by Gasteiger charge is -2.20. The van der Waals surface area contributed by atoms with E-state index in [0.717, 1.165) is 16.9 Å². The Balaban J connectivity index is 1.82. The fourth-order valence-corrected chi connectivity index (χ4v) is 3.65. The van der Waals surface area contributed by atoms with E-state index in [2.05, 4.69) is 43.4 Å². The van der Waals surface area contributed by atoms with Crippen molar-refractivity contribution in [2.45, 2.75) is 39.2 Å². The Morgan fingerprint density at radius 3 is 2.55 bits per heavy atom. The quantitative estimate of drug-likeness (QED) is 0.625. The van der Waals surface area contributed by atoms with Crippen LogP contribution in [0.3, 0.4) is 0 Å². The van der Waals surface area contributed by atoms with Gasteiger partial charge in [0.25, 0.3) is 0 Å². The van der Waals surface area contributed by atoms with Gasteiger partial charge in [0.15, 0.2) is 0 Å². The molecule has 0 saturated carbocycles. The molecule has 0 bridgehead atoms. The van der Waals surface area contributed by atoms with Crippen molar-refractivity contribution in [1.82, 2.24) is 0 Å². The lowest BCUT2D eigenvalue weighted by Crippen LogP contribution is -2.20. The number of aromatic hydroxyl groups is 1. The second-order valence-electron chi connectivity index (χ2n) is 7.70. The van der Waals surface area contributed by atoms with Crippen LogP contribution in [0.15, 0.2) is 68.8 Å². The first-order valence-corrected chi connectivity index (χ1v) is 9.79. The first kappa shape index (κ1) is 19.0. The average Bonchev–Trinajstić information content (AvgIpc) is 2.87. The number of para-hydroxylation sites is 2. The largest absolute Gasteiger partial charge is 0.507 e. The van der Waals surface area contributed by atoms with E-state index in [4.69, 9.17) is 9.41 Å². The lowest BCUT2D eigenvalue weighted by molar-refractivity contribution is 0.432. The van der Waals surface area contributed by atoms with Gasteiger partial charge in [-0.1, -0.05) is 50.2 Å². The van der Waals surface area contributed by atoms with Crippen LogP contribution in [-0.2, 0) is 0 Å². The summed E-state index contributed by atoms with van der Waals surface area (Å²) in [4.78, 5) is 17.2. The maximum Gasteiger partial charge on any atom is 0.348 e. The van der Waals surface area contributed by atoms with Crippen molar-refractivity contribution in [3.8, 4) is 5.75 Å². The normalized spacial score (nSPS) is 16.0. The number of benzene rings is 2. The molecule has 0 unspecified atom stereocenters. The van der Waals surface area contributed by atoms with Crippen molar-refractivity contribution >= 4 is 17.1 Å². The molecule has 2 N–H and O–H groups in total. The highest BCUT2D eigenvalue weighted by molar-refractivity contribution is 6.05. The molecule has 0 radical (unpaired) electrons. The van der Waals surface area contributed by atoms with E-state index in [9.17, 15) is 9.90 Å². The van der Waals surface area contributed by atoms with E-state index in [1.54, 1.807) is 6.92 Å². The molecule has 2 heterocycles. The van der Waals surface area contributed by atoms with Crippen molar-refractivity contribution < 1.29 is 9.52 Å². The Bertz CT molecular complexity index is 1130. The average molecular weight is 388 g/mol. The highest BCUT2D eigenvalue weighted by Gasteiger charge is 2.25. The Labute approximate surface area is 169 Å². The monoisotopic (exact) mass is 388 g/mol. The number of hydrogen-bond acceptors (Lipinski definition) is 5. The SMILES string of the molecule is Cc1cc(O)c(C2=Nc3ccccc3N[C@H](c3ccc(C(C)C)cc3)C2)c(=O)o1. The Kier molecular flexibility index (Phi) is 4.97. The molecule has 29 heavy (non-hydrogen) atoms.